The summed E-state index contributed by atoms with van der Waals surface area (Å²) in [7, 11) is 0. The molecule has 6 heteroatoms. The molecule has 4 aromatic rings. The van der Waals surface area contributed by atoms with Crippen molar-refractivity contribution in [1.82, 2.24) is 14.7 Å². The highest BCUT2D eigenvalue weighted by molar-refractivity contribution is 5.92. The minimum atomic E-state index is -0.184. The van der Waals surface area contributed by atoms with Gasteiger partial charge in [-0.05, 0) is 89.8 Å². The Bertz CT molecular complexity index is 1490. The minimum Gasteiger partial charge on any atom is -0.466 e. The summed E-state index contributed by atoms with van der Waals surface area (Å²) in [6, 6.07) is 21.2. The Morgan fingerprint density at radius 2 is 1.59 bits per heavy atom. The van der Waals surface area contributed by atoms with Gasteiger partial charge in [-0.2, -0.15) is 0 Å². The number of fused-ring (bicyclic) bond motifs is 1. The van der Waals surface area contributed by atoms with E-state index in [1.165, 1.54) is 11.1 Å². The van der Waals surface area contributed by atoms with Crippen molar-refractivity contribution in [3.8, 4) is 11.1 Å². The van der Waals surface area contributed by atoms with Crippen LogP contribution in [0.25, 0.3) is 16.8 Å². The SMILES string of the molecule is CCOC(=O)C[C@H]1CC[C@H](c2ccc(-c3ccc4nc(C(=O)NCc5ccc(C(C)(C)C)cc5)cn4c3)cc2)CC1. The molecule has 6 nitrogen and oxygen atoms in total. The summed E-state index contributed by atoms with van der Waals surface area (Å²) in [5, 5.41) is 3.00. The summed E-state index contributed by atoms with van der Waals surface area (Å²) in [6.07, 6.45) is 8.73. The molecule has 2 aromatic heterocycles. The second-order valence-electron chi connectivity index (χ2n) is 12.3. The van der Waals surface area contributed by atoms with E-state index in [-0.39, 0.29) is 17.3 Å². The largest absolute Gasteiger partial charge is 0.466 e. The quantitative estimate of drug-likeness (QED) is 0.231. The van der Waals surface area contributed by atoms with E-state index in [4.69, 9.17) is 4.74 Å². The molecule has 0 saturated heterocycles. The Morgan fingerprint density at radius 3 is 2.24 bits per heavy atom. The Kier molecular flexibility index (Phi) is 8.57. The normalized spacial score (nSPS) is 17.4. The monoisotopic (exact) mass is 551 g/mol. The van der Waals surface area contributed by atoms with Crippen LogP contribution < -0.4 is 5.32 Å². The van der Waals surface area contributed by atoms with Crippen molar-refractivity contribution in [2.75, 3.05) is 6.61 Å². The number of benzene rings is 2. The van der Waals surface area contributed by atoms with Gasteiger partial charge in [0.15, 0.2) is 0 Å². The van der Waals surface area contributed by atoms with Gasteiger partial charge in [-0.25, -0.2) is 4.98 Å². The molecule has 2 heterocycles. The van der Waals surface area contributed by atoms with Crippen LogP contribution in [0.1, 0.15) is 92.9 Å². The maximum atomic E-state index is 12.8. The number of aromatic nitrogens is 2. The zero-order valence-electron chi connectivity index (χ0n) is 24.7. The van der Waals surface area contributed by atoms with Crippen LogP contribution in [-0.4, -0.2) is 27.9 Å². The number of ether oxygens (including phenoxy) is 1. The molecule has 41 heavy (non-hydrogen) atoms. The van der Waals surface area contributed by atoms with E-state index in [9.17, 15) is 9.59 Å². The molecule has 1 aliphatic carbocycles. The first-order chi connectivity index (χ1) is 19.7. The average Bonchev–Trinajstić information content (AvgIpc) is 3.40. The molecule has 0 bridgehead atoms. The summed E-state index contributed by atoms with van der Waals surface area (Å²) >= 11 is 0. The van der Waals surface area contributed by atoms with E-state index < -0.39 is 0 Å². The summed E-state index contributed by atoms with van der Waals surface area (Å²) in [6.45, 7) is 9.35. The summed E-state index contributed by atoms with van der Waals surface area (Å²) in [4.78, 5) is 29.2. The molecule has 1 N–H and O–H groups in total. The molecule has 1 fully saturated rings. The van der Waals surface area contributed by atoms with Gasteiger partial charge in [0.25, 0.3) is 5.91 Å². The van der Waals surface area contributed by atoms with Crippen molar-refractivity contribution in [1.29, 1.82) is 0 Å². The molecule has 1 amide bonds. The Morgan fingerprint density at radius 1 is 0.902 bits per heavy atom. The van der Waals surface area contributed by atoms with Crippen molar-refractivity contribution in [3.63, 3.8) is 0 Å². The van der Waals surface area contributed by atoms with E-state index >= 15 is 0 Å². The molecule has 1 aliphatic rings. The van der Waals surface area contributed by atoms with Gasteiger partial charge < -0.3 is 14.5 Å². The number of nitrogens with one attached hydrogen (secondary N) is 1. The van der Waals surface area contributed by atoms with Gasteiger partial charge in [-0.1, -0.05) is 69.3 Å². The Labute approximate surface area is 243 Å². The number of esters is 1. The molecule has 0 unspecified atom stereocenters. The van der Waals surface area contributed by atoms with E-state index in [0.717, 1.165) is 48.0 Å². The molecular weight excluding hydrogens is 510 g/mol. The zero-order valence-corrected chi connectivity index (χ0v) is 24.7. The molecule has 0 aliphatic heterocycles. The van der Waals surface area contributed by atoms with Crippen LogP contribution in [0, 0.1) is 5.92 Å². The number of carbonyl (C=O) groups excluding carboxylic acids is 2. The first-order valence-corrected chi connectivity index (χ1v) is 14.8. The van der Waals surface area contributed by atoms with Crippen molar-refractivity contribution >= 4 is 17.5 Å². The molecule has 214 valence electrons. The molecular formula is C35H41N3O3. The van der Waals surface area contributed by atoms with Crippen LogP contribution >= 0.6 is 0 Å². The molecule has 0 spiro atoms. The van der Waals surface area contributed by atoms with Crippen LogP contribution in [-0.2, 0) is 21.5 Å². The van der Waals surface area contributed by atoms with E-state index in [1.54, 1.807) is 6.20 Å². The lowest BCUT2D eigenvalue weighted by molar-refractivity contribution is -0.144. The number of hydrogen-bond acceptors (Lipinski definition) is 4. The van der Waals surface area contributed by atoms with Crippen molar-refractivity contribution in [2.24, 2.45) is 5.92 Å². The third kappa shape index (κ3) is 7.05. The van der Waals surface area contributed by atoms with Crippen molar-refractivity contribution in [2.45, 2.75) is 77.7 Å². The van der Waals surface area contributed by atoms with Crippen molar-refractivity contribution < 1.29 is 14.3 Å². The highest BCUT2D eigenvalue weighted by atomic mass is 16.5. The minimum absolute atomic E-state index is 0.0650. The lowest BCUT2D eigenvalue weighted by Crippen LogP contribution is -2.23. The van der Waals surface area contributed by atoms with Crippen molar-refractivity contribution in [3.05, 3.63) is 95.4 Å². The Hall–Kier alpha value is -3.93. The predicted molar refractivity (Wildman–Crippen MR) is 163 cm³/mol. The number of pyridine rings is 1. The molecule has 5 rings (SSSR count). The number of imidazole rings is 1. The number of hydrogen-bond donors (Lipinski definition) is 1. The first kappa shape index (κ1) is 28.6. The number of carbonyl (C=O) groups is 2. The number of nitrogens with zero attached hydrogens (tertiary/aromatic N) is 2. The van der Waals surface area contributed by atoms with Crippen LogP contribution in [0.4, 0.5) is 0 Å². The fourth-order valence-electron chi connectivity index (χ4n) is 5.77. The molecule has 2 aromatic carbocycles. The van der Waals surface area contributed by atoms with E-state index in [0.29, 0.717) is 37.1 Å². The van der Waals surface area contributed by atoms with Gasteiger partial charge in [0.2, 0.25) is 0 Å². The maximum Gasteiger partial charge on any atom is 0.306 e. The van der Waals surface area contributed by atoms with Crippen LogP contribution in [0.2, 0.25) is 0 Å². The highest BCUT2D eigenvalue weighted by Crippen LogP contribution is 2.37. The van der Waals surface area contributed by atoms with Crippen LogP contribution in [0.5, 0.6) is 0 Å². The van der Waals surface area contributed by atoms with Gasteiger partial charge in [0, 0.05) is 25.4 Å². The summed E-state index contributed by atoms with van der Waals surface area (Å²) in [5.41, 5.74) is 7.15. The fourth-order valence-corrected chi connectivity index (χ4v) is 5.77. The van der Waals surface area contributed by atoms with Crippen LogP contribution in [0.15, 0.2) is 73.1 Å². The highest BCUT2D eigenvalue weighted by Gasteiger charge is 2.24. The van der Waals surface area contributed by atoms with Crippen LogP contribution in [0.3, 0.4) is 0 Å². The lowest BCUT2D eigenvalue weighted by Gasteiger charge is -2.28. The average molecular weight is 552 g/mol. The predicted octanol–water partition coefficient (Wildman–Crippen LogP) is 7.46. The van der Waals surface area contributed by atoms with Gasteiger partial charge in [-0.3, -0.25) is 9.59 Å². The first-order valence-electron chi connectivity index (χ1n) is 14.8. The molecule has 0 radical (unpaired) electrons. The number of amides is 1. The van der Waals surface area contributed by atoms with Gasteiger partial charge in [0.1, 0.15) is 11.3 Å². The van der Waals surface area contributed by atoms with E-state index in [2.05, 4.69) is 85.7 Å². The second-order valence-corrected chi connectivity index (χ2v) is 12.3. The maximum absolute atomic E-state index is 12.8. The standard InChI is InChI=1S/C35H41N3O3/c1-5-41-33(39)20-24-6-10-26(11-7-24)27-12-14-28(15-13-27)29-16-19-32-37-31(23-38(32)22-29)34(40)36-21-25-8-17-30(18-9-25)35(2,3)4/h8-9,12-19,22-24,26H,5-7,10-11,20-21H2,1-4H3,(H,36,40)/t24-,26-. The topological polar surface area (TPSA) is 72.7 Å². The fraction of sp³-hybridized carbons (Fsp3) is 0.400. The third-order valence-corrected chi connectivity index (χ3v) is 8.28. The molecule has 0 atom stereocenters. The van der Waals surface area contributed by atoms with Gasteiger partial charge in [-0.15, -0.1) is 0 Å². The Balaban J connectivity index is 1.19. The lowest BCUT2D eigenvalue weighted by atomic mass is 9.77. The van der Waals surface area contributed by atoms with Gasteiger partial charge in [0.05, 0.1) is 6.61 Å². The third-order valence-electron chi connectivity index (χ3n) is 8.28. The van der Waals surface area contributed by atoms with Gasteiger partial charge >= 0.3 is 5.97 Å². The smallest absolute Gasteiger partial charge is 0.306 e. The van der Waals surface area contributed by atoms with E-state index in [1.807, 2.05) is 23.6 Å². The number of rotatable bonds is 8. The zero-order chi connectivity index (χ0) is 29.0. The summed E-state index contributed by atoms with van der Waals surface area (Å²) < 4.78 is 7.04. The second kappa shape index (κ2) is 12.3. The molecule has 1 saturated carbocycles. The summed E-state index contributed by atoms with van der Waals surface area (Å²) in [5.74, 6) is 0.732.